The first-order chi connectivity index (χ1) is 11.3. The van der Waals surface area contributed by atoms with Crippen LogP contribution in [0.15, 0.2) is 54.6 Å². The van der Waals surface area contributed by atoms with Crippen molar-refractivity contribution in [2.45, 2.75) is 44.1 Å². The maximum Gasteiger partial charge on any atom is 0.228 e. The van der Waals surface area contributed by atoms with Crippen LogP contribution >= 0.6 is 0 Å². The maximum atomic E-state index is 13.0. The summed E-state index contributed by atoms with van der Waals surface area (Å²) >= 11 is 0. The van der Waals surface area contributed by atoms with E-state index >= 15 is 0 Å². The van der Waals surface area contributed by atoms with Gasteiger partial charge in [-0.15, -0.1) is 0 Å². The van der Waals surface area contributed by atoms with Crippen LogP contribution in [0.4, 0.5) is 0 Å². The van der Waals surface area contributed by atoms with Gasteiger partial charge < -0.3 is 5.32 Å². The van der Waals surface area contributed by atoms with Gasteiger partial charge in [0, 0.05) is 0 Å². The Morgan fingerprint density at radius 3 is 2.48 bits per heavy atom. The fraction of sp³-hybridized carbons (Fsp3) is 0.381. The molecule has 0 radical (unpaired) electrons. The Labute approximate surface area is 137 Å². The number of nitrogens with one attached hydrogen (secondary N) is 1. The van der Waals surface area contributed by atoms with Gasteiger partial charge in [0.2, 0.25) is 5.91 Å². The third-order valence-corrected chi connectivity index (χ3v) is 5.24. The molecule has 1 fully saturated rings. The molecule has 4 rings (SSSR count). The van der Waals surface area contributed by atoms with Crippen LogP contribution < -0.4 is 5.32 Å². The normalized spacial score (nSPS) is 21.3. The van der Waals surface area contributed by atoms with E-state index < -0.39 is 0 Å². The van der Waals surface area contributed by atoms with Crippen LogP contribution in [0.3, 0.4) is 0 Å². The molecular weight excluding hydrogens is 282 g/mol. The molecule has 0 bridgehead atoms. The molecule has 2 aromatic carbocycles. The third kappa shape index (κ3) is 3.03. The van der Waals surface area contributed by atoms with Crippen LogP contribution in [-0.4, -0.2) is 5.91 Å². The van der Waals surface area contributed by atoms with Crippen molar-refractivity contribution in [3.8, 4) is 0 Å². The van der Waals surface area contributed by atoms with Gasteiger partial charge in [0.05, 0.1) is 12.0 Å². The zero-order valence-electron chi connectivity index (χ0n) is 13.4. The molecule has 2 aromatic rings. The highest BCUT2D eigenvalue weighted by Gasteiger charge is 2.35. The lowest BCUT2D eigenvalue weighted by molar-refractivity contribution is -0.123. The number of rotatable bonds is 4. The van der Waals surface area contributed by atoms with E-state index in [0.29, 0.717) is 5.92 Å². The minimum atomic E-state index is 0.0184. The molecule has 23 heavy (non-hydrogen) atoms. The molecule has 2 nitrogen and oxygen atoms in total. The van der Waals surface area contributed by atoms with E-state index in [1.165, 1.54) is 29.5 Å². The van der Waals surface area contributed by atoms with Crippen LogP contribution in [0.1, 0.15) is 54.3 Å². The average molecular weight is 305 g/mol. The first-order valence-electron chi connectivity index (χ1n) is 8.76. The Kier molecular flexibility index (Phi) is 3.90. The Hall–Kier alpha value is -2.09. The molecule has 0 unspecified atom stereocenters. The van der Waals surface area contributed by atoms with Crippen molar-refractivity contribution >= 4 is 5.91 Å². The first kappa shape index (κ1) is 14.5. The number of amides is 1. The minimum absolute atomic E-state index is 0.0184. The minimum Gasteiger partial charge on any atom is -0.348 e. The summed E-state index contributed by atoms with van der Waals surface area (Å²) in [5.74, 6) is 0.836. The first-order valence-corrected chi connectivity index (χ1v) is 8.76. The zero-order valence-corrected chi connectivity index (χ0v) is 13.4. The quantitative estimate of drug-likeness (QED) is 0.892. The lowest BCUT2D eigenvalue weighted by Crippen LogP contribution is -2.35. The van der Waals surface area contributed by atoms with Gasteiger partial charge in [-0.1, -0.05) is 54.6 Å². The highest BCUT2D eigenvalue weighted by atomic mass is 16.1. The number of carbonyl (C=O) groups is 1. The molecule has 1 amide bonds. The number of hydrogen-bond acceptors (Lipinski definition) is 1. The molecule has 2 aliphatic rings. The maximum absolute atomic E-state index is 13.0. The van der Waals surface area contributed by atoms with Crippen molar-refractivity contribution in [1.82, 2.24) is 5.32 Å². The fourth-order valence-corrected chi connectivity index (χ4v) is 3.84. The third-order valence-electron chi connectivity index (χ3n) is 5.24. The van der Waals surface area contributed by atoms with Crippen molar-refractivity contribution in [2.24, 2.45) is 5.92 Å². The summed E-state index contributed by atoms with van der Waals surface area (Å²) in [4.78, 5) is 13.0. The van der Waals surface area contributed by atoms with Crippen LogP contribution in [-0.2, 0) is 11.2 Å². The molecule has 1 saturated carbocycles. The van der Waals surface area contributed by atoms with Gasteiger partial charge in [-0.2, -0.15) is 0 Å². The van der Waals surface area contributed by atoms with E-state index in [1.807, 2.05) is 6.07 Å². The van der Waals surface area contributed by atoms with Gasteiger partial charge in [-0.05, 0) is 54.7 Å². The van der Waals surface area contributed by atoms with Crippen molar-refractivity contribution in [1.29, 1.82) is 0 Å². The van der Waals surface area contributed by atoms with Gasteiger partial charge >= 0.3 is 0 Å². The lowest BCUT2D eigenvalue weighted by Gasteiger charge is -2.27. The summed E-state index contributed by atoms with van der Waals surface area (Å²) in [6, 6.07) is 19.0. The van der Waals surface area contributed by atoms with Gasteiger partial charge in [0.25, 0.3) is 0 Å². The Morgan fingerprint density at radius 2 is 1.70 bits per heavy atom. The van der Waals surface area contributed by atoms with Crippen molar-refractivity contribution < 1.29 is 4.79 Å². The second-order valence-corrected chi connectivity index (χ2v) is 6.88. The number of carbonyl (C=O) groups excluding carboxylic acids is 1. The monoisotopic (exact) mass is 305 g/mol. The van der Waals surface area contributed by atoms with E-state index in [1.54, 1.807) is 0 Å². The molecule has 0 heterocycles. The Balaban J connectivity index is 1.55. The molecule has 0 saturated heterocycles. The molecule has 0 aliphatic heterocycles. The molecule has 2 atom stereocenters. The predicted molar refractivity (Wildman–Crippen MR) is 92.2 cm³/mol. The Morgan fingerprint density at radius 1 is 0.957 bits per heavy atom. The number of benzene rings is 2. The lowest BCUT2D eigenvalue weighted by atomic mass is 9.82. The summed E-state index contributed by atoms with van der Waals surface area (Å²) in [5.41, 5.74) is 3.83. The van der Waals surface area contributed by atoms with Gasteiger partial charge in [-0.3, -0.25) is 4.79 Å². The summed E-state index contributed by atoms with van der Waals surface area (Å²) < 4.78 is 0. The van der Waals surface area contributed by atoms with Crippen LogP contribution in [0, 0.1) is 5.92 Å². The predicted octanol–water partition coefficient (Wildman–Crippen LogP) is 4.37. The molecule has 0 aromatic heterocycles. The number of hydrogen-bond donors (Lipinski definition) is 1. The molecule has 118 valence electrons. The molecule has 2 aliphatic carbocycles. The van der Waals surface area contributed by atoms with Crippen LogP contribution in [0.5, 0.6) is 0 Å². The SMILES string of the molecule is O=C(N[C@@H](c1ccccc1)C1CC1)[C@@H]1CCCc2ccccc21. The zero-order chi connectivity index (χ0) is 15.6. The summed E-state index contributed by atoms with van der Waals surface area (Å²) in [6.45, 7) is 0. The van der Waals surface area contributed by atoms with E-state index in [-0.39, 0.29) is 17.9 Å². The second kappa shape index (κ2) is 6.19. The number of fused-ring (bicyclic) bond motifs is 1. The van der Waals surface area contributed by atoms with Crippen molar-refractivity contribution in [2.75, 3.05) is 0 Å². The summed E-state index contributed by atoms with van der Waals surface area (Å²) in [7, 11) is 0. The average Bonchev–Trinajstić information content (AvgIpc) is 3.44. The summed E-state index contributed by atoms with van der Waals surface area (Å²) in [5, 5.41) is 3.37. The Bertz CT molecular complexity index is 690. The van der Waals surface area contributed by atoms with E-state index in [0.717, 1.165) is 19.3 Å². The van der Waals surface area contributed by atoms with Crippen molar-refractivity contribution in [3.63, 3.8) is 0 Å². The van der Waals surface area contributed by atoms with Crippen LogP contribution in [0.2, 0.25) is 0 Å². The second-order valence-electron chi connectivity index (χ2n) is 6.88. The van der Waals surface area contributed by atoms with E-state index in [2.05, 4.69) is 53.8 Å². The number of aryl methyl sites for hydroxylation is 1. The highest BCUT2D eigenvalue weighted by molar-refractivity contribution is 5.84. The largest absolute Gasteiger partial charge is 0.348 e. The smallest absolute Gasteiger partial charge is 0.228 e. The van der Waals surface area contributed by atoms with Gasteiger partial charge in [0.15, 0.2) is 0 Å². The van der Waals surface area contributed by atoms with E-state index in [9.17, 15) is 4.79 Å². The van der Waals surface area contributed by atoms with Crippen LogP contribution in [0.25, 0.3) is 0 Å². The van der Waals surface area contributed by atoms with Gasteiger partial charge in [-0.25, -0.2) is 0 Å². The topological polar surface area (TPSA) is 29.1 Å². The highest BCUT2D eigenvalue weighted by Crippen LogP contribution is 2.42. The van der Waals surface area contributed by atoms with E-state index in [4.69, 9.17) is 0 Å². The molecule has 2 heteroatoms. The summed E-state index contributed by atoms with van der Waals surface area (Å²) in [6.07, 6.45) is 5.62. The molecule has 1 N–H and O–H groups in total. The fourth-order valence-electron chi connectivity index (χ4n) is 3.84. The van der Waals surface area contributed by atoms with Crippen molar-refractivity contribution in [3.05, 3.63) is 71.3 Å². The van der Waals surface area contributed by atoms with Gasteiger partial charge in [0.1, 0.15) is 0 Å². The molecular formula is C21H23NO. The standard InChI is InChI=1S/C21H23NO/c23-21(19-12-6-10-15-7-4-5-11-18(15)19)22-20(17-13-14-17)16-8-2-1-3-9-16/h1-5,7-9,11,17,19-20H,6,10,12-14H2,(H,22,23)/t19-,20+/m1/s1. The molecule has 0 spiro atoms.